The van der Waals surface area contributed by atoms with Gasteiger partial charge in [0.15, 0.2) is 0 Å². The Bertz CT molecular complexity index is 1080. The van der Waals surface area contributed by atoms with E-state index in [2.05, 4.69) is 0 Å². The smallest absolute Gasteiger partial charge is 0.245 e. The standard InChI is InChI=1S/C22H26N2O4S/c1-15-10-11-20(25)17(13-15)22(2)14-23(18-8-5-4-7-16(18)22)21(26)19-9-6-12-24(19)29(3,27)28/h4-5,7-8,10-11,13,19,25H,6,9,12,14H2,1-3H3/t19-,22?/m0/s1. The van der Waals surface area contributed by atoms with Crippen molar-refractivity contribution in [2.24, 2.45) is 0 Å². The molecular formula is C22H26N2O4S. The fraction of sp³-hybridized carbons (Fsp3) is 0.409. The van der Waals surface area contributed by atoms with E-state index < -0.39 is 21.5 Å². The van der Waals surface area contributed by atoms with Gasteiger partial charge < -0.3 is 10.0 Å². The highest BCUT2D eigenvalue weighted by molar-refractivity contribution is 7.88. The van der Waals surface area contributed by atoms with Crippen molar-refractivity contribution in [3.05, 3.63) is 59.2 Å². The second kappa shape index (κ2) is 6.85. The first kappa shape index (κ1) is 19.9. The molecule has 2 heterocycles. The van der Waals surface area contributed by atoms with Crippen LogP contribution in [0, 0.1) is 6.92 Å². The monoisotopic (exact) mass is 414 g/mol. The van der Waals surface area contributed by atoms with Gasteiger partial charge in [-0.15, -0.1) is 0 Å². The van der Waals surface area contributed by atoms with Crippen LogP contribution in [-0.2, 0) is 20.2 Å². The summed E-state index contributed by atoms with van der Waals surface area (Å²) in [6.07, 6.45) is 2.36. The zero-order valence-electron chi connectivity index (χ0n) is 16.9. The fourth-order valence-electron chi connectivity index (χ4n) is 4.74. The first-order chi connectivity index (χ1) is 13.6. The summed E-state index contributed by atoms with van der Waals surface area (Å²) < 4.78 is 25.6. The lowest BCUT2D eigenvalue weighted by molar-refractivity contribution is -0.121. The molecule has 2 atom stereocenters. The summed E-state index contributed by atoms with van der Waals surface area (Å²) >= 11 is 0. The molecule has 7 heteroatoms. The van der Waals surface area contributed by atoms with Crippen LogP contribution in [-0.4, -0.2) is 49.1 Å². The van der Waals surface area contributed by atoms with Crippen LogP contribution in [0.1, 0.15) is 36.5 Å². The predicted molar refractivity (Wildman–Crippen MR) is 113 cm³/mol. The molecule has 0 aromatic heterocycles. The number of carbonyl (C=O) groups excluding carboxylic acids is 1. The molecule has 1 amide bonds. The lowest BCUT2D eigenvalue weighted by Gasteiger charge is -2.30. The van der Waals surface area contributed by atoms with Crippen molar-refractivity contribution < 1.29 is 18.3 Å². The zero-order valence-corrected chi connectivity index (χ0v) is 17.7. The first-order valence-corrected chi connectivity index (χ1v) is 11.7. The van der Waals surface area contributed by atoms with Crippen molar-refractivity contribution in [2.45, 2.75) is 38.1 Å². The molecule has 0 saturated carbocycles. The number of benzene rings is 2. The highest BCUT2D eigenvalue weighted by Gasteiger charge is 2.47. The third-order valence-electron chi connectivity index (χ3n) is 6.19. The van der Waals surface area contributed by atoms with Crippen molar-refractivity contribution in [1.82, 2.24) is 4.31 Å². The number of phenols is 1. The molecule has 0 aliphatic carbocycles. The van der Waals surface area contributed by atoms with E-state index in [1.54, 1.807) is 11.0 Å². The van der Waals surface area contributed by atoms with Gasteiger partial charge in [-0.05, 0) is 44.4 Å². The Morgan fingerprint density at radius 2 is 1.90 bits per heavy atom. The minimum absolute atomic E-state index is 0.195. The van der Waals surface area contributed by atoms with Gasteiger partial charge in [0.25, 0.3) is 0 Å². The van der Waals surface area contributed by atoms with Crippen LogP contribution in [0.25, 0.3) is 0 Å². The van der Waals surface area contributed by atoms with Crippen LogP contribution in [0.2, 0.25) is 0 Å². The van der Waals surface area contributed by atoms with E-state index in [9.17, 15) is 18.3 Å². The molecule has 0 bridgehead atoms. The van der Waals surface area contributed by atoms with Gasteiger partial charge in [-0.25, -0.2) is 8.42 Å². The molecule has 1 unspecified atom stereocenters. The second-order valence-electron chi connectivity index (χ2n) is 8.33. The molecule has 1 fully saturated rings. The summed E-state index contributed by atoms with van der Waals surface area (Å²) in [7, 11) is -3.45. The number of anilines is 1. The fourth-order valence-corrected chi connectivity index (χ4v) is 5.86. The van der Waals surface area contributed by atoms with Crippen LogP contribution < -0.4 is 4.90 Å². The minimum atomic E-state index is -3.45. The molecule has 154 valence electrons. The van der Waals surface area contributed by atoms with Crippen molar-refractivity contribution in [3.63, 3.8) is 0 Å². The second-order valence-corrected chi connectivity index (χ2v) is 10.3. The van der Waals surface area contributed by atoms with Gasteiger partial charge >= 0.3 is 0 Å². The molecule has 6 nitrogen and oxygen atoms in total. The van der Waals surface area contributed by atoms with Gasteiger partial charge in [-0.1, -0.05) is 35.9 Å². The van der Waals surface area contributed by atoms with Crippen LogP contribution in [0.3, 0.4) is 0 Å². The molecule has 2 aromatic rings. The lowest BCUT2D eigenvalue weighted by atomic mass is 9.77. The molecule has 1 N–H and O–H groups in total. The quantitative estimate of drug-likeness (QED) is 0.838. The molecule has 0 spiro atoms. The number of carbonyl (C=O) groups is 1. The Labute approximate surface area is 171 Å². The summed E-state index contributed by atoms with van der Waals surface area (Å²) in [5.41, 5.74) is 2.95. The first-order valence-electron chi connectivity index (χ1n) is 9.81. The Balaban J connectivity index is 1.78. The molecular weight excluding hydrogens is 388 g/mol. The third-order valence-corrected chi connectivity index (χ3v) is 7.48. The van der Waals surface area contributed by atoms with Gasteiger partial charge in [0.2, 0.25) is 15.9 Å². The topological polar surface area (TPSA) is 77.9 Å². The average molecular weight is 415 g/mol. The summed E-state index contributed by atoms with van der Waals surface area (Å²) in [6, 6.07) is 12.5. The minimum Gasteiger partial charge on any atom is -0.508 e. The summed E-state index contributed by atoms with van der Waals surface area (Å²) in [6.45, 7) is 4.73. The maximum Gasteiger partial charge on any atom is 0.245 e. The Hall–Kier alpha value is -2.38. The number of rotatable bonds is 3. The van der Waals surface area contributed by atoms with Gasteiger partial charge in [-0.3, -0.25) is 4.79 Å². The van der Waals surface area contributed by atoms with Crippen LogP contribution in [0.4, 0.5) is 5.69 Å². The van der Waals surface area contributed by atoms with Crippen molar-refractivity contribution >= 4 is 21.6 Å². The Morgan fingerprint density at radius 3 is 2.62 bits per heavy atom. The largest absolute Gasteiger partial charge is 0.508 e. The van der Waals surface area contributed by atoms with E-state index in [0.29, 0.717) is 25.9 Å². The van der Waals surface area contributed by atoms with E-state index in [1.807, 2.05) is 50.2 Å². The van der Waals surface area contributed by atoms with E-state index in [-0.39, 0.29) is 11.7 Å². The van der Waals surface area contributed by atoms with E-state index in [1.165, 1.54) is 4.31 Å². The third kappa shape index (κ3) is 3.22. The van der Waals surface area contributed by atoms with E-state index >= 15 is 0 Å². The van der Waals surface area contributed by atoms with Gasteiger partial charge in [-0.2, -0.15) is 4.31 Å². The van der Waals surface area contributed by atoms with Gasteiger partial charge in [0.05, 0.1) is 6.26 Å². The van der Waals surface area contributed by atoms with E-state index in [4.69, 9.17) is 0 Å². The summed E-state index contributed by atoms with van der Waals surface area (Å²) in [4.78, 5) is 15.2. The highest BCUT2D eigenvalue weighted by Crippen LogP contribution is 2.48. The molecule has 2 aliphatic rings. The molecule has 0 radical (unpaired) electrons. The number of phenolic OH excluding ortho intramolecular Hbond substituents is 1. The number of fused-ring (bicyclic) bond motifs is 1. The maximum atomic E-state index is 13.5. The van der Waals surface area contributed by atoms with Gasteiger partial charge in [0.1, 0.15) is 11.8 Å². The zero-order chi connectivity index (χ0) is 21.0. The number of amides is 1. The Kier molecular flexibility index (Phi) is 4.70. The lowest BCUT2D eigenvalue weighted by Crippen LogP contribution is -2.48. The number of hydrogen-bond acceptors (Lipinski definition) is 4. The molecule has 29 heavy (non-hydrogen) atoms. The maximum absolute atomic E-state index is 13.5. The number of hydrogen-bond donors (Lipinski definition) is 1. The Morgan fingerprint density at radius 1 is 1.17 bits per heavy atom. The molecule has 4 rings (SSSR count). The van der Waals surface area contributed by atoms with Crippen molar-refractivity contribution in [1.29, 1.82) is 0 Å². The van der Waals surface area contributed by atoms with Crippen molar-refractivity contribution in [2.75, 3.05) is 24.2 Å². The predicted octanol–water partition coefficient (Wildman–Crippen LogP) is 2.78. The van der Waals surface area contributed by atoms with Crippen LogP contribution in [0.5, 0.6) is 5.75 Å². The van der Waals surface area contributed by atoms with Crippen LogP contribution in [0.15, 0.2) is 42.5 Å². The highest BCUT2D eigenvalue weighted by atomic mass is 32.2. The molecule has 2 aromatic carbocycles. The van der Waals surface area contributed by atoms with E-state index in [0.717, 1.165) is 28.6 Å². The normalized spacial score (nSPS) is 24.7. The SMILES string of the molecule is Cc1ccc(O)c(C2(C)CN(C(=O)[C@@H]3CCCN3S(C)(=O)=O)c3ccccc32)c1. The van der Waals surface area contributed by atoms with Crippen LogP contribution >= 0.6 is 0 Å². The summed E-state index contributed by atoms with van der Waals surface area (Å²) in [5.74, 6) is -0.00271. The van der Waals surface area contributed by atoms with Gasteiger partial charge in [0, 0.05) is 29.8 Å². The summed E-state index contributed by atoms with van der Waals surface area (Å²) in [5, 5.41) is 10.6. The molecule has 1 saturated heterocycles. The number of sulfonamides is 1. The average Bonchev–Trinajstić information content (AvgIpc) is 3.28. The van der Waals surface area contributed by atoms with Crippen molar-refractivity contribution in [3.8, 4) is 5.75 Å². The number of aromatic hydroxyl groups is 1. The number of nitrogens with zero attached hydrogens (tertiary/aromatic N) is 2. The number of para-hydroxylation sites is 1. The molecule has 2 aliphatic heterocycles. The number of aryl methyl sites for hydroxylation is 1.